The van der Waals surface area contributed by atoms with Crippen molar-refractivity contribution in [2.75, 3.05) is 33.8 Å². The normalized spacial score (nSPS) is 12.7. The van der Waals surface area contributed by atoms with Crippen molar-refractivity contribution >= 4 is 0 Å². The maximum Gasteiger partial charge on any atom is 0.122 e. The van der Waals surface area contributed by atoms with Crippen molar-refractivity contribution < 1.29 is 4.74 Å². The van der Waals surface area contributed by atoms with Gasteiger partial charge in [0, 0.05) is 6.04 Å². The average Bonchev–Trinajstić information content (AvgIpc) is 2.49. The Labute approximate surface area is 130 Å². The van der Waals surface area contributed by atoms with E-state index in [-0.39, 0.29) is 0 Å². The van der Waals surface area contributed by atoms with E-state index in [1.165, 1.54) is 16.7 Å². The third-order valence-corrected chi connectivity index (χ3v) is 4.47. The zero-order valence-electron chi connectivity index (χ0n) is 14.6. The molecule has 0 saturated carbocycles. The number of nitrogens with zero attached hydrogens (tertiary/aromatic N) is 1. The van der Waals surface area contributed by atoms with Crippen LogP contribution in [-0.2, 0) is 0 Å². The van der Waals surface area contributed by atoms with Crippen molar-refractivity contribution in [3.63, 3.8) is 0 Å². The first-order valence-corrected chi connectivity index (χ1v) is 8.10. The molecule has 0 bridgehead atoms. The number of benzene rings is 1. The second-order valence-corrected chi connectivity index (χ2v) is 5.81. The van der Waals surface area contributed by atoms with Crippen molar-refractivity contribution in [2.24, 2.45) is 0 Å². The Balaban J connectivity index is 2.71. The molecule has 1 aromatic rings. The first-order valence-electron chi connectivity index (χ1n) is 8.10. The molecule has 0 spiro atoms. The molecule has 120 valence electrons. The lowest BCUT2D eigenvalue weighted by Gasteiger charge is -2.26. The highest BCUT2D eigenvalue weighted by Crippen LogP contribution is 2.30. The first kappa shape index (κ1) is 18.0. The number of unbranched alkanes of at least 4 members (excludes halogenated alkanes) is 1. The standard InChI is InChI=1S/C18H32N2O/c1-7-20(6)16(4)17-10-11-18(15(3)14(17)2)21-13-9-8-12-19-5/h10-11,16,19H,7-9,12-13H2,1-6H3. The predicted molar refractivity (Wildman–Crippen MR) is 91.3 cm³/mol. The first-order chi connectivity index (χ1) is 10.0. The molecular formula is C18H32N2O. The van der Waals surface area contributed by atoms with E-state index >= 15 is 0 Å². The monoisotopic (exact) mass is 292 g/mol. The molecule has 1 atom stereocenters. The van der Waals surface area contributed by atoms with Crippen LogP contribution >= 0.6 is 0 Å². The number of nitrogens with one attached hydrogen (secondary N) is 1. The summed E-state index contributed by atoms with van der Waals surface area (Å²) in [5.74, 6) is 1.03. The Morgan fingerprint density at radius 2 is 1.90 bits per heavy atom. The molecule has 0 radical (unpaired) electrons. The minimum Gasteiger partial charge on any atom is -0.493 e. The topological polar surface area (TPSA) is 24.5 Å². The van der Waals surface area contributed by atoms with Gasteiger partial charge in [-0.05, 0) is 83.6 Å². The van der Waals surface area contributed by atoms with E-state index < -0.39 is 0 Å². The van der Waals surface area contributed by atoms with Crippen LogP contribution in [0.4, 0.5) is 0 Å². The summed E-state index contributed by atoms with van der Waals surface area (Å²) >= 11 is 0. The van der Waals surface area contributed by atoms with Gasteiger partial charge in [0.25, 0.3) is 0 Å². The Bertz CT molecular complexity index is 431. The van der Waals surface area contributed by atoms with Gasteiger partial charge in [0.05, 0.1) is 6.61 Å². The lowest BCUT2D eigenvalue weighted by molar-refractivity contribution is 0.274. The second-order valence-electron chi connectivity index (χ2n) is 5.81. The summed E-state index contributed by atoms with van der Waals surface area (Å²) in [4.78, 5) is 2.36. The molecular weight excluding hydrogens is 260 g/mol. The molecule has 0 heterocycles. The minimum atomic E-state index is 0.443. The smallest absolute Gasteiger partial charge is 0.122 e. The van der Waals surface area contributed by atoms with Crippen LogP contribution < -0.4 is 10.1 Å². The van der Waals surface area contributed by atoms with Gasteiger partial charge in [-0.25, -0.2) is 0 Å². The van der Waals surface area contributed by atoms with Crippen LogP contribution in [0, 0.1) is 13.8 Å². The number of hydrogen-bond acceptors (Lipinski definition) is 3. The average molecular weight is 292 g/mol. The highest BCUT2D eigenvalue weighted by molar-refractivity contribution is 5.44. The zero-order chi connectivity index (χ0) is 15.8. The van der Waals surface area contributed by atoms with Gasteiger partial charge in [-0.3, -0.25) is 4.90 Å². The van der Waals surface area contributed by atoms with E-state index in [2.05, 4.69) is 57.1 Å². The molecule has 0 aliphatic carbocycles. The van der Waals surface area contributed by atoms with Crippen LogP contribution in [-0.4, -0.2) is 38.7 Å². The molecule has 1 aromatic carbocycles. The molecule has 0 amide bonds. The lowest BCUT2D eigenvalue weighted by atomic mass is 9.97. The highest BCUT2D eigenvalue weighted by atomic mass is 16.5. The highest BCUT2D eigenvalue weighted by Gasteiger charge is 2.15. The Kier molecular flexibility index (Phi) is 7.76. The van der Waals surface area contributed by atoms with Gasteiger partial charge >= 0.3 is 0 Å². The van der Waals surface area contributed by atoms with Gasteiger partial charge in [-0.15, -0.1) is 0 Å². The summed E-state index contributed by atoms with van der Waals surface area (Å²) in [7, 11) is 4.16. The molecule has 1 unspecified atom stereocenters. The van der Waals surface area contributed by atoms with Crippen molar-refractivity contribution in [3.05, 3.63) is 28.8 Å². The van der Waals surface area contributed by atoms with E-state index in [1.54, 1.807) is 0 Å². The van der Waals surface area contributed by atoms with Crippen LogP contribution in [0.2, 0.25) is 0 Å². The van der Waals surface area contributed by atoms with E-state index in [0.29, 0.717) is 6.04 Å². The summed E-state index contributed by atoms with van der Waals surface area (Å²) in [5, 5.41) is 3.16. The Morgan fingerprint density at radius 1 is 1.19 bits per heavy atom. The van der Waals surface area contributed by atoms with Crippen molar-refractivity contribution in [1.82, 2.24) is 10.2 Å². The third kappa shape index (κ3) is 5.01. The molecule has 1 N–H and O–H groups in total. The van der Waals surface area contributed by atoms with Crippen LogP contribution in [0.1, 0.15) is 49.4 Å². The summed E-state index contributed by atoms with van der Waals surface area (Å²) in [6, 6.07) is 4.80. The van der Waals surface area contributed by atoms with E-state index in [4.69, 9.17) is 4.74 Å². The van der Waals surface area contributed by atoms with E-state index in [0.717, 1.165) is 38.3 Å². The fraction of sp³-hybridized carbons (Fsp3) is 0.667. The largest absolute Gasteiger partial charge is 0.493 e. The molecule has 0 fully saturated rings. The minimum absolute atomic E-state index is 0.443. The van der Waals surface area contributed by atoms with Crippen molar-refractivity contribution in [3.8, 4) is 5.75 Å². The molecule has 21 heavy (non-hydrogen) atoms. The predicted octanol–water partition coefficient (Wildman–Crippen LogP) is 3.69. The van der Waals surface area contributed by atoms with Crippen LogP contribution in [0.25, 0.3) is 0 Å². The maximum atomic E-state index is 5.94. The van der Waals surface area contributed by atoms with Crippen LogP contribution in [0.3, 0.4) is 0 Å². The second kappa shape index (κ2) is 9.06. The van der Waals surface area contributed by atoms with Gasteiger partial charge in [-0.1, -0.05) is 13.0 Å². The Morgan fingerprint density at radius 3 is 2.52 bits per heavy atom. The number of hydrogen-bond donors (Lipinski definition) is 1. The zero-order valence-corrected chi connectivity index (χ0v) is 14.6. The molecule has 3 nitrogen and oxygen atoms in total. The summed E-state index contributed by atoms with van der Waals surface area (Å²) < 4.78 is 5.94. The lowest BCUT2D eigenvalue weighted by Crippen LogP contribution is -2.22. The molecule has 0 aliphatic heterocycles. The molecule has 1 rings (SSSR count). The van der Waals surface area contributed by atoms with Gasteiger partial charge in [0.1, 0.15) is 5.75 Å². The maximum absolute atomic E-state index is 5.94. The number of ether oxygens (including phenoxy) is 1. The van der Waals surface area contributed by atoms with Crippen molar-refractivity contribution in [2.45, 2.75) is 46.6 Å². The van der Waals surface area contributed by atoms with E-state index in [1.807, 2.05) is 7.05 Å². The number of rotatable bonds is 9. The van der Waals surface area contributed by atoms with Gasteiger partial charge in [0.15, 0.2) is 0 Å². The van der Waals surface area contributed by atoms with Gasteiger partial charge in [0.2, 0.25) is 0 Å². The van der Waals surface area contributed by atoms with E-state index in [9.17, 15) is 0 Å². The fourth-order valence-electron chi connectivity index (χ4n) is 2.52. The molecule has 0 aliphatic rings. The van der Waals surface area contributed by atoms with Crippen LogP contribution in [0.15, 0.2) is 12.1 Å². The molecule has 0 saturated heterocycles. The van der Waals surface area contributed by atoms with Gasteiger partial charge < -0.3 is 10.1 Å². The summed E-state index contributed by atoms with van der Waals surface area (Å²) in [6.07, 6.45) is 2.25. The van der Waals surface area contributed by atoms with Gasteiger partial charge in [-0.2, -0.15) is 0 Å². The van der Waals surface area contributed by atoms with Crippen molar-refractivity contribution in [1.29, 1.82) is 0 Å². The summed E-state index contributed by atoms with van der Waals surface area (Å²) in [6.45, 7) is 11.8. The Hall–Kier alpha value is -1.06. The fourth-order valence-corrected chi connectivity index (χ4v) is 2.52. The summed E-state index contributed by atoms with van der Waals surface area (Å²) in [5.41, 5.74) is 4.03. The quantitative estimate of drug-likeness (QED) is 0.702. The third-order valence-electron chi connectivity index (χ3n) is 4.47. The molecule has 0 aromatic heterocycles. The molecule has 3 heteroatoms. The van der Waals surface area contributed by atoms with Crippen LogP contribution in [0.5, 0.6) is 5.75 Å². The SMILES string of the molecule is CCN(C)C(C)c1ccc(OCCCCNC)c(C)c1C.